The molecule has 5 nitrogen and oxygen atoms in total. The lowest BCUT2D eigenvalue weighted by molar-refractivity contribution is -0.120. The maximum Gasteiger partial charge on any atom is 0.263 e. The van der Waals surface area contributed by atoms with Crippen LogP contribution < -0.4 is 10.6 Å². The Labute approximate surface area is 151 Å². The minimum Gasteiger partial charge on any atom is -0.467 e. The fourth-order valence-electron chi connectivity index (χ4n) is 2.09. The fraction of sp³-hybridized carbons (Fsp3) is 0.125. The molecule has 2 N–H and O–H groups in total. The van der Waals surface area contributed by atoms with Gasteiger partial charge in [0.1, 0.15) is 10.6 Å². The maximum absolute atomic E-state index is 12.2. The Hall–Kier alpha value is -2.02. The van der Waals surface area contributed by atoms with Gasteiger partial charge in [-0.25, -0.2) is 0 Å². The third-order valence-electron chi connectivity index (χ3n) is 3.25. The SMILES string of the molecule is O=C(CNC(=O)c1sc2cc(Cl)ccc2c1Cl)NCc1ccco1. The molecule has 0 aliphatic rings. The molecule has 0 saturated carbocycles. The van der Waals surface area contributed by atoms with Crippen molar-refractivity contribution in [2.24, 2.45) is 0 Å². The van der Waals surface area contributed by atoms with E-state index in [-0.39, 0.29) is 19.0 Å². The van der Waals surface area contributed by atoms with Crippen molar-refractivity contribution in [2.75, 3.05) is 6.54 Å². The van der Waals surface area contributed by atoms with Gasteiger partial charge < -0.3 is 15.1 Å². The topological polar surface area (TPSA) is 71.3 Å². The van der Waals surface area contributed by atoms with E-state index >= 15 is 0 Å². The number of fused-ring (bicyclic) bond motifs is 1. The van der Waals surface area contributed by atoms with Crippen LogP contribution in [0.2, 0.25) is 10.0 Å². The number of nitrogens with one attached hydrogen (secondary N) is 2. The van der Waals surface area contributed by atoms with Gasteiger partial charge in [0.15, 0.2) is 0 Å². The molecule has 0 bridgehead atoms. The van der Waals surface area contributed by atoms with Crippen LogP contribution in [-0.2, 0) is 11.3 Å². The third kappa shape index (κ3) is 3.72. The van der Waals surface area contributed by atoms with Crippen LogP contribution in [0.1, 0.15) is 15.4 Å². The highest BCUT2D eigenvalue weighted by Gasteiger charge is 2.17. The summed E-state index contributed by atoms with van der Waals surface area (Å²) in [4.78, 5) is 24.4. The highest BCUT2D eigenvalue weighted by molar-refractivity contribution is 7.21. The van der Waals surface area contributed by atoms with E-state index in [1.165, 1.54) is 17.6 Å². The molecule has 0 fully saturated rings. The van der Waals surface area contributed by atoms with E-state index in [9.17, 15) is 9.59 Å². The summed E-state index contributed by atoms with van der Waals surface area (Å²) < 4.78 is 5.93. The van der Waals surface area contributed by atoms with Crippen LogP contribution in [0.3, 0.4) is 0 Å². The number of hydrogen-bond acceptors (Lipinski definition) is 4. The van der Waals surface area contributed by atoms with Crippen molar-refractivity contribution >= 4 is 56.4 Å². The van der Waals surface area contributed by atoms with Crippen LogP contribution in [-0.4, -0.2) is 18.4 Å². The summed E-state index contributed by atoms with van der Waals surface area (Å²) in [6.45, 7) is 0.120. The Morgan fingerprint density at radius 1 is 1.17 bits per heavy atom. The molecule has 3 aromatic rings. The van der Waals surface area contributed by atoms with Crippen LogP contribution in [0.25, 0.3) is 10.1 Å². The van der Waals surface area contributed by atoms with Gasteiger partial charge in [0.2, 0.25) is 5.91 Å². The Balaban J connectivity index is 1.60. The monoisotopic (exact) mass is 382 g/mol. The first-order valence-corrected chi connectivity index (χ1v) is 8.56. The molecule has 2 amide bonds. The molecular weight excluding hydrogens is 371 g/mol. The zero-order chi connectivity index (χ0) is 17.1. The molecule has 0 unspecified atom stereocenters. The smallest absolute Gasteiger partial charge is 0.263 e. The summed E-state index contributed by atoms with van der Waals surface area (Å²) in [5.41, 5.74) is 0. The predicted octanol–water partition coefficient (Wildman–Crippen LogP) is 3.85. The zero-order valence-electron chi connectivity index (χ0n) is 12.3. The first-order valence-electron chi connectivity index (χ1n) is 6.99. The van der Waals surface area contributed by atoms with Crippen molar-refractivity contribution in [1.82, 2.24) is 10.6 Å². The van der Waals surface area contributed by atoms with Gasteiger partial charge in [-0.3, -0.25) is 9.59 Å². The van der Waals surface area contributed by atoms with E-state index in [1.54, 1.807) is 30.3 Å². The maximum atomic E-state index is 12.2. The average Bonchev–Trinajstić information content (AvgIpc) is 3.18. The van der Waals surface area contributed by atoms with Gasteiger partial charge in [0.25, 0.3) is 5.91 Å². The summed E-state index contributed by atoms with van der Waals surface area (Å²) in [5.74, 6) is -0.0791. The molecule has 3 rings (SSSR count). The summed E-state index contributed by atoms with van der Waals surface area (Å²) in [6.07, 6.45) is 1.53. The van der Waals surface area contributed by atoms with E-state index in [0.717, 1.165) is 10.1 Å². The molecule has 0 spiro atoms. The average molecular weight is 383 g/mol. The van der Waals surface area contributed by atoms with Crippen molar-refractivity contribution < 1.29 is 14.0 Å². The van der Waals surface area contributed by atoms with Crippen LogP contribution in [0.4, 0.5) is 0 Å². The lowest BCUT2D eigenvalue weighted by Gasteiger charge is -2.05. The Kier molecular flexibility index (Phi) is 5.08. The van der Waals surface area contributed by atoms with E-state index in [4.69, 9.17) is 27.6 Å². The van der Waals surface area contributed by atoms with Gasteiger partial charge >= 0.3 is 0 Å². The number of halogens is 2. The number of amides is 2. The number of benzene rings is 1. The largest absolute Gasteiger partial charge is 0.467 e. The lowest BCUT2D eigenvalue weighted by atomic mass is 10.2. The van der Waals surface area contributed by atoms with Gasteiger partial charge in [-0.1, -0.05) is 29.3 Å². The summed E-state index contributed by atoms with van der Waals surface area (Å²) in [6, 6.07) is 8.72. The number of furan rings is 1. The van der Waals surface area contributed by atoms with Gasteiger partial charge in [-0.15, -0.1) is 11.3 Å². The van der Waals surface area contributed by atoms with Crippen molar-refractivity contribution in [3.05, 3.63) is 57.3 Å². The molecule has 124 valence electrons. The highest BCUT2D eigenvalue weighted by atomic mass is 35.5. The lowest BCUT2D eigenvalue weighted by Crippen LogP contribution is -2.36. The standard InChI is InChI=1S/C16H12Cl2N2O3S/c17-9-3-4-11-12(6-9)24-15(14(11)18)16(22)20-8-13(21)19-7-10-2-1-5-23-10/h1-6H,7-8H2,(H,19,21)(H,20,22). The van der Waals surface area contributed by atoms with Crippen LogP contribution in [0.15, 0.2) is 41.0 Å². The van der Waals surface area contributed by atoms with Gasteiger partial charge in [-0.05, 0) is 24.3 Å². The third-order valence-corrected chi connectivity index (χ3v) is 5.14. The molecule has 0 aliphatic heterocycles. The Morgan fingerprint density at radius 2 is 2.00 bits per heavy atom. The van der Waals surface area contributed by atoms with E-state index in [2.05, 4.69) is 10.6 Å². The van der Waals surface area contributed by atoms with Crippen molar-refractivity contribution in [1.29, 1.82) is 0 Å². The first-order chi connectivity index (χ1) is 11.5. The second kappa shape index (κ2) is 7.25. The number of hydrogen-bond donors (Lipinski definition) is 2. The minimum absolute atomic E-state index is 0.148. The highest BCUT2D eigenvalue weighted by Crippen LogP contribution is 2.36. The second-order valence-electron chi connectivity index (χ2n) is 4.92. The van der Waals surface area contributed by atoms with Crippen molar-refractivity contribution in [3.8, 4) is 0 Å². The molecule has 8 heteroatoms. The molecule has 24 heavy (non-hydrogen) atoms. The van der Waals surface area contributed by atoms with Crippen LogP contribution in [0, 0.1) is 0 Å². The molecule has 0 atom stereocenters. The summed E-state index contributed by atoms with van der Waals surface area (Å²) >= 11 is 13.4. The molecule has 1 aromatic carbocycles. The zero-order valence-corrected chi connectivity index (χ0v) is 14.6. The summed E-state index contributed by atoms with van der Waals surface area (Å²) in [7, 11) is 0. The van der Waals surface area contributed by atoms with E-state index in [1.807, 2.05) is 0 Å². The quantitative estimate of drug-likeness (QED) is 0.703. The van der Waals surface area contributed by atoms with Crippen LogP contribution >= 0.6 is 34.5 Å². The first kappa shape index (κ1) is 16.8. The molecule has 0 saturated heterocycles. The second-order valence-corrected chi connectivity index (χ2v) is 6.79. The Morgan fingerprint density at radius 3 is 2.75 bits per heavy atom. The number of carbonyl (C=O) groups excluding carboxylic acids is 2. The predicted molar refractivity (Wildman–Crippen MR) is 94.7 cm³/mol. The normalized spacial score (nSPS) is 10.8. The Bertz CT molecular complexity index is 890. The molecule has 0 aliphatic carbocycles. The summed E-state index contributed by atoms with van der Waals surface area (Å²) in [5, 5.41) is 6.90. The molecule has 0 radical (unpaired) electrons. The van der Waals surface area contributed by atoms with Gasteiger partial charge in [-0.2, -0.15) is 0 Å². The molecule has 2 heterocycles. The van der Waals surface area contributed by atoms with Crippen molar-refractivity contribution in [3.63, 3.8) is 0 Å². The fourth-order valence-corrected chi connectivity index (χ4v) is 3.80. The minimum atomic E-state index is -0.398. The van der Waals surface area contributed by atoms with Crippen molar-refractivity contribution in [2.45, 2.75) is 6.54 Å². The van der Waals surface area contributed by atoms with Gasteiger partial charge in [0.05, 0.1) is 24.4 Å². The van der Waals surface area contributed by atoms with Gasteiger partial charge in [0, 0.05) is 15.1 Å². The molecular formula is C16H12Cl2N2O3S. The van der Waals surface area contributed by atoms with E-state index in [0.29, 0.717) is 20.7 Å². The number of carbonyl (C=O) groups is 2. The number of rotatable bonds is 5. The number of thiophene rings is 1. The van der Waals surface area contributed by atoms with Crippen LogP contribution in [0.5, 0.6) is 0 Å². The van der Waals surface area contributed by atoms with E-state index < -0.39 is 5.91 Å². The molecule has 2 aromatic heterocycles.